The molecule has 2 aromatic heterocycles. The van der Waals surface area contributed by atoms with Crippen LogP contribution in [0.3, 0.4) is 0 Å². The molecule has 0 saturated heterocycles. The van der Waals surface area contributed by atoms with Crippen molar-refractivity contribution >= 4 is 40.7 Å². The number of aromatic nitrogens is 2. The fraction of sp³-hybridized carbons (Fsp3) is 0.400. The second kappa shape index (κ2) is 18.9. The highest BCUT2D eigenvalue weighted by atomic mass is 32.1. The lowest BCUT2D eigenvalue weighted by Gasteiger charge is -2.28. The quantitative estimate of drug-likeness (QED) is 0.118. The molecule has 0 aliphatic carbocycles. The first-order chi connectivity index (χ1) is 23.2. The second-order valence-corrected chi connectivity index (χ2v) is 13.6. The fourth-order valence-corrected chi connectivity index (χ4v) is 6.40. The van der Waals surface area contributed by atoms with Crippen molar-refractivity contribution in [3.63, 3.8) is 0 Å². The maximum Gasteiger partial charge on any atom is 0.407 e. The molecule has 0 saturated carbocycles. The number of hydrogen-bond acceptors (Lipinski definition) is 9. The number of carbonyl (C=O) groups is 3. The molecule has 4 rings (SSSR count). The summed E-state index contributed by atoms with van der Waals surface area (Å²) in [6.07, 6.45) is 0.877. The van der Waals surface area contributed by atoms with Gasteiger partial charge in [0.25, 0.3) is 0 Å². The van der Waals surface area contributed by atoms with Crippen LogP contribution in [-0.4, -0.2) is 69.3 Å². The molecule has 0 spiro atoms. The van der Waals surface area contributed by atoms with E-state index in [0.29, 0.717) is 31.8 Å². The summed E-state index contributed by atoms with van der Waals surface area (Å²) < 4.78 is 5.39. The fourth-order valence-electron chi connectivity index (χ4n) is 5.07. The van der Waals surface area contributed by atoms with Gasteiger partial charge in [-0.15, -0.1) is 22.7 Å². The molecule has 2 aromatic carbocycles. The molecule has 4 N–H and O–H groups in total. The van der Waals surface area contributed by atoms with Gasteiger partial charge in [0.15, 0.2) is 0 Å². The maximum absolute atomic E-state index is 13.2. The molecule has 0 bridgehead atoms. The predicted molar refractivity (Wildman–Crippen MR) is 188 cm³/mol. The first-order valence-corrected chi connectivity index (χ1v) is 17.8. The minimum Gasteiger partial charge on any atom is -0.444 e. The molecule has 0 aliphatic heterocycles. The lowest BCUT2D eigenvalue weighted by atomic mass is 9.93. The van der Waals surface area contributed by atoms with Crippen molar-refractivity contribution in [2.45, 2.75) is 77.3 Å². The summed E-state index contributed by atoms with van der Waals surface area (Å²) in [5.41, 5.74) is 4.37. The van der Waals surface area contributed by atoms with E-state index in [-0.39, 0.29) is 31.5 Å². The van der Waals surface area contributed by atoms with E-state index >= 15 is 0 Å². The number of carbonyl (C=O) groups excluding carboxylic acids is 3. The summed E-state index contributed by atoms with van der Waals surface area (Å²) in [7, 11) is 0. The molecule has 256 valence electrons. The van der Waals surface area contributed by atoms with Crippen molar-refractivity contribution < 1.29 is 24.2 Å². The number of aliphatic hydroxyl groups is 1. The van der Waals surface area contributed by atoms with Crippen LogP contribution in [0, 0.1) is 0 Å². The molecule has 0 radical (unpaired) electrons. The highest BCUT2D eigenvalue weighted by Crippen LogP contribution is 2.20. The van der Waals surface area contributed by atoms with Gasteiger partial charge in [0.2, 0.25) is 5.91 Å². The molecular weight excluding hydrogens is 649 g/mol. The Balaban J connectivity index is 1.39. The standard InChI is InChI=1S/C35H44N6O5S2/c1-4-41(20-28-22-47-33(39-28)24(2)3)34(44)37-19-32(43)38-27(15-25-11-7-5-8-12-25)17-31(42)30(16-26-13-9-6-10-14-26)40-35(45)46-21-29-18-36-23-48-29/h5-14,18,22-24,27,30-31,42H,4,15-17,19-21H2,1-3H3,(H,37,44)(H,38,43)(H,40,45)/t27-,30-,31-/m0/s1. The first kappa shape index (κ1) is 36.5. The van der Waals surface area contributed by atoms with E-state index in [0.717, 1.165) is 26.7 Å². The van der Waals surface area contributed by atoms with Crippen LogP contribution in [-0.2, 0) is 35.5 Å². The van der Waals surface area contributed by atoms with Gasteiger partial charge in [-0.3, -0.25) is 9.78 Å². The lowest BCUT2D eigenvalue weighted by molar-refractivity contribution is -0.121. The van der Waals surface area contributed by atoms with Gasteiger partial charge >= 0.3 is 12.1 Å². The van der Waals surface area contributed by atoms with E-state index in [2.05, 4.69) is 39.8 Å². The average Bonchev–Trinajstić information content (AvgIpc) is 3.79. The van der Waals surface area contributed by atoms with Crippen molar-refractivity contribution in [1.82, 2.24) is 30.8 Å². The third-order valence-electron chi connectivity index (χ3n) is 7.60. The number of alkyl carbamates (subject to hydrolysis) is 1. The van der Waals surface area contributed by atoms with Crippen LogP contribution >= 0.6 is 22.7 Å². The number of rotatable bonds is 17. The summed E-state index contributed by atoms with van der Waals surface area (Å²) in [5.74, 6) is -0.0779. The van der Waals surface area contributed by atoms with Crippen LogP contribution in [0.25, 0.3) is 0 Å². The minimum absolute atomic E-state index is 0.0707. The Bertz CT molecular complexity index is 1550. The highest BCUT2D eigenvalue weighted by Gasteiger charge is 2.27. The Morgan fingerprint density at radius 1 is 0.958 bits per heavy atom. The van der Waals surface area contributed by atoms with Crippen molar-refractivity contribution in [3.8, 4) is 0 Å². The van der Waals surface area contributed by atoms with Crippen LogP contribution in [0.1, 0.15) is 59.8 Å². The van der Waals surface area contributed by atoms with Crippen molar-refractivity contribution in [1.29, 1.82) is 0 Å². The largest absolute Gasteiger partial charge is 0.444 e. The van der Waals surface area contributed by atoms with Gasteiger partial charge in [-0.05, 0) is 37.3 Å². The number of ether oxygens (including phenoxy) is 1. The Morgan fingerprint density at radius 3 is 2.25 bits per heavy atom. The molecule has 0 unspecified atom stereocenters. The van der Waals surface area contributed by atoms with Crippen molar-refractivity contribution in [3.05, 3.63) is 104 Å². The normalized spacial score (nSPS) is 12.9. The number of nitrogens with one attached hydrogen (secondary N) is 3. The van der Waals surface area contributed by atoms with Gasteiger partial charge in [-0.25, -0.2) is 14.6 Å². The van der Waals surface area contributed by atoms with E-state index in [9.17, 15) is 19.5 Å². The van der Waals surface area contributed by atoms with E-state index in [4.69, 9.17) is 4.74 Å². The zero-order valence-electron chi connectivity index (χ0n) is 27.5. The van der Waals surface area contributed by atoms with Crippen LogP contribution in [0.4, 0.5) is 9.59 Å². The van der Waals surface area contributed by atoms with Gasteiger partial charge in [0.1, 0.15) is 6.61 Å². The molecule has 11 nitrogen and oxygen atoms in total. The summed E-state index contributed by atoms with van der Waals surface area (Å²) >= 11 is 2.95. The van der Waals surface area contributed by atoms with Gasteiger partial charge in [0, 0.05) is 30.1 Å². The predicted octanol–water partition coefficient (Wildman–Crippen LogP) is 5.27. The smallest absolute Gasteiger partial charge is 0.407 e. The number of urea groups is 1. The maximum atomic E-state index is 13.2. The van der Waals surface area contributed by atoms with Crippen molar-refractivity contribution in [2.24, 2.45) is 0 Å². The zero-order chi connectivity index (χ0) is 34.3. The molecule has 48 heavy (non-hydrogen) atoms. The number of nitrogens with zero attached hydrogens (tertiary/aromatic N) is 3. The Morgan fingerprint density at radius 2 is 1.65 bits per heavy atom. The van der Waals surface area contributed by atoms with Crippen LogP contribution in [0.5, 0.6) is 0 Å². The number of hydrogen-bond donors (Lipinski definition) is 4. The Hall–Kier alpha value is -4.33. The molecule has 4 amide bonds. The molecule has 3 atom stereocenters. The van der Waals surface area contributed by atoms with E-state index in [1.54, 1.807) is 27.9 Å². The molecule has 4 aromatic rings. The van der Waals surface area contributed by atoms with Crippen LogP contribution in [0.15, 0.2) is 77.8 Å². The van der Waals surface area contributed by atoms with Gasteiger partial charge in [-0.1, -0.05) is 74.5 Å². The van der Waals surface area contributed by atoms with Crippen LogP contribution in [0.2, 0.25) is 0 Å². The summed E-state index contributed by atoms with van der Waals surface area (Å²) in [6, 6.07) is 17.6. The number of aliphatic hydroxyl groups excluding tert-OH is 1. The van der Waals surface area contributed by atoms with E-state index in [1.165, 1.54) is 11.3 Å². The zero-order valence-corrected chi connectivity index (χ0v) is 29.1. The number of thiazole rings is 2. The first-order valence-electron chi connectivity index (χ1n) is 16.0. The topological polar surface area (TPSA) is 146 Å². The van der Waals surface area contributed by atoms with E-state index < -0.39 is 24.3 Å². The summed E-state index contributed by atoms with van der Waals surface area (Å²) in [6.45, 7) is 6.67. The van der Waals surface area contributed by atoms with Gasteiger partial charge in [0.05, 0.1) is 46.3 Å². The van der Waals surface area contributed by atoms with Gasteiger partial charge < -0.3 is 30.7 Å². The van der Waals surface area contributed by atoms with Crippen LogP contribution < -0.4 is 16.0 Å². The lowest BCUT2D eigenvalue weighted by Crippen LogP contribution is -2.50. The molecule has 2 heterocycles. The third kappa shape index (κ3) is 12.0. The SMILES string of the molecule is CCN(Cc1csc(C(C)C)n1)C(=O)NCC(=O)N[C@@H](Cc1ccccc1)C[C@H](O)[C@H](Cc1ccccc1)NC(=O)OCc1cncs1. The van der Waals surface area contributed by atoms with Gasteiger partial charge in [-0.2, -0.15) is 0 Å². The Labute approximate surface area is 289 Å². The van der Waals surface area contributed by atoms with Crippen molar-refractivity contribution in [2.75, 3.05) is 13.1 Å². The molecule has 0 aliphatic rings. The third-order valence-corrected chi connectivity index (χ3v) is 9.54. The number of benzene rings is 2. The Kier molecular flexibility index (Phi) is 14.3. The summed E-state index contributed by atoms with van der Waals surface area (Å²) in [5, 5.41) is 23.0. The highest BCUT2D eigenvalue weighted by molar-refractivity contribution is 7.09. The second-order valence-electron chi connectivity index (χ2n) is 11.7. The molecule has 0 fully saturated rings. The minimum atomic E-state index is -1.03. The van der Waals surface area contributed by atoms with E-state index in [1.807, 2.05) is 73.0 Å². The summed E-state index contributed by atoms with van der Waals surface area (Å²) in [4.78, 5) is 50.0. The molecule has 13 heteroatoms. The monoisotopic (exact) mass is 692 g/mol. The average molecular weight is 693 g/mol. The number of amides is 4. The molecular formula is C35H44N6O5S2.